The van der Waals surface area contributed by atoms with Crippen molar-refractivity contribution in [2.24, 2.45) is 0 Å². The van der Waals surface area contributed by atoms with Gasteiger partial charge in [0, 0.05) is 28.9 Å². The molecule has 0 bridgehead atoms. The number of quaternary nitrogens is 1. The van der Waals surface area contributed by atoms with Gasteiger partial charge in [0.2, 0.25) is 0 Å². The van der Waals surface area contributed by atoms with Crippen LogP contribution >= 0.6 is 22.9 Å². The summed E-state index contributed by atoms with van der Waals surface area (Å²) in [6, 6.07) is 13.4. The number of halogens is 2. The van der Waals surface area contributed by atoms with E-state index in [0.29, 0.717) is 16.7 Å². The molecule has 0 saturated carbocycles. The number of thiazole rings is 1. The van der Waals surface area contributed by atoms with Gasteiger partial charge in [0.05, 0.1) is 31.9 Å². The van der Waals surface area contributed by atoms with Gasteiger partial charge in [0.25, 0.3) is 5.91 Å². The zero-order chi connectivity index (χ0) is 20.1. The lowest BCUT2D eigenvalue weighted by atomic mass is 10.2. The van der Waals surface area contributed by atoms with Crippen molar-refractivity contribution >= 4 is 34.0 Å². The summed E-state index contributed by atoms with van der Waals surface area (Å²) in [5.74, 6) is -0.894. The topological polar surface area (TPSA) is 37.6 Å². The van der Waals surface area contributed by atoms with E-state index in [0.717, 1.165) is 24.2 Å². The second-order valence-corrected chi connectivity index (χ2v) is 8.04. The molecule has 0 aliphatic heterocycles. The lowest BCUT2D eigenvalue weighted by Gasteiger charge is -2.20. The molecule has 0 fully saturated rings. The van der Waals surface area contributed by atoms with E-state index in [1.54, 1.807) is 29.2 Å². The molecule has 0 unspecified atom stereocenters. The number of carbonyl (C=O) groups excluding carboxylic acids is 1. The van der Waals surface area contributed by atoms with Gasteiger partial charge in [-0.1, -0.05) is 35.9 Å². The third-order valence-electron chi connectivity index (χ3n) is 4.27. The highest BCUT2D eigenvalue weighted by molar-refractivity contribution is 7.14. The number of hydrogen-bond donors (Lipinski definition) is 1. The number of amides is 1. The molecular weight excluding hydrogens is 397 g/mol. The Morgan fingerprint density at radius 1 is 1.18 bits per heavy atom. The quantitative estimate of drug-likeness (QED) is 0.634. The molecule has 146 valence electrons. The lowest BCUT2D eigenvalue weighted by molar-refractivity contribution is -0.858. The average Bonchev–Trinajstić information content (AvgIpc) is 3.15. The van der Waals surface area contributed by atoms with Crippen LogP contribution in [0.15, 0.2) is 53.9 Å². The first-order chi connectivity index (χ1) is 13.5. The minimum atomic E-state index is -0.523. The van der Waals surface area contributed by atoms with Gasteiger partial charge in [-0.15, -0.1) is 11.3 Å². The highest BCUT2D eigenvalue weighted by Gasteiger charge is 2.23. The first-order valence-corrected chi connectivity index (χ1v) is 10.3. The number of nitrogens with zero attached hydrogens (tertiary/aromatic N) is 2. The molecule has 4 nitrogen and oxygen atoms in total. The van der Waals surface area contributed by atoms with Crippen LogP contribution in [-0.2, 0) is 0 Å². The van der Waals surface area contributed by atoms with Gasteiger partial charge >= 0.3 is 0 Å². The van der Waals surface area contributed by atoms with Gasteiger partial charge in [0.15, 0.2) is 5.13 Å². The van der Waals surface area contributed by atoms with Crippen molar-refractivity contribution in [3.63, 3.8) is 0 Å². The maximum atomic E-state index is 14.2. The van der Waals surface area contributed by atoms with Gasteiger partial charge in [-0.25, -0.2) is 9.37 Å². The Kier molecular flexibility index (Phi) is 6.78. The van der Waals surface area contributed by atoms with E-state index in [4.69, 9.17) is 11.6 Å². The molecule has 1 N–H and O–H groups in total. The van der Waals surface area contributed by atoms with Crippen molar-refractivity contribution in [3.05, 3.63) is 70.3 Å². The summed E-state index contributed by atoms with van der Waals surface area (Å²) in [5, 5.41) is 3.12. The molecule has 0 atom stereocenters. The second kappa shape index (κ2) is 9.28. The normalized spacial score (nSPS) is 11.0. The zero-order valence-electron chi connectivity index (χ0n) is 15.8. The lowest BCUT2D eigenvalue weighted by Crippen LogP contribution is -3.05. The van der Waals surface area contributed by atoms with Crippen LogP contribution in [-0.4, -0.2) is 38.1 Å². The SMILES string of the molecule is C[NH+](C)CCCN(C(=O)c1ccccc1F)c1nc(-c2ccc(Cl)cc2)cs1. The highest BCUT2D eigenvalue weighted by Crippen LogP contribution is 2.29. The van der Waals surface area contributed by atoms with Crippen LogP contribution in [0.5, 0.6) is 0 Å². The largest absolute Gasteiger partial charge is 0.340 e. The van der Waals surface area contributed by atoms with Crippen LogP contribution in [0, 0.1) is 5.82 Å². The number of rotatable bonds is 7. The van der Waals surface area contributed by atoms with E-state index < -0.39 is 5.82 Å². The Labute approximate surface area is 173 Å². The third kappa shape index (κ3) is 4.95. The van der Waals surface area contributed by atoms with E-state index in [9.17, 15) is 9.18 Å². The summed E-state index contributed by atoms with van der Waals surface area (Å²) in [6.45, 7) is 1.38. The first-order valence-electron chi connectivity index (χ1n) is 9.02. The number of carbonyl (C=O) groups is 1. The summed E-state index contributed by atoms with van der Waals surface area (Å²) in [4.78, 5) is 20.6. The van der Waals surface area contributed by atoms with Crippen molar-refractivity contribution < 1.29 is 14.1 Å². The van der Waals surface area contributed by atoms with E-state index in [2.05, 4.69) is 19.1 Å². The smallest absolute Gasteiger partial charge is 0.263 e. The molecule has 1 aromatic heterocycles. The first kappa shape index (κ1) is 20.5. The van der Waals surface area contributed by atoms with E-state index >= 15 is 0 Å². The molecule has 28 heavy (non-hydrogen) atoms. The zero-order valence-corrected chi connectivity index (χ0v) is 17.4. The van der Waals surface area contributed by atoms with Gasteiger partial charge in [0.1, 0.15) is 5.82 Å². The fourth-order valence-electron chi connectivity index (χ4n) is 2.80. The Balaban J connectivity index is 1.89. The van der Waals surface area contributed by atoms with E-state index in [1.807, 2.05) is 17.5 Å². The average molecular weight is 419 g/mol. The predicted molar refractivity (Wildman–Crippen MR) is 113 cm³/mol. The summed E-state index contributed by atoms with van der Waals surface area (Å²) < 4.78 is 14.2. The Bertz CT molecular complexity index is 943. The van der Waals surface area contributed by atoms with Crippen molar-refractivity contribution in [2.75, 3.05) is 32.1 Å². The Morgan fingerprint density at radius 3 is 2.57 bits per heavy atom. The van der Waals surface area contributed by atoms with Crippen molar-refractivity contribution in [3.8, 4) is 11.3 Å². The van der Waals surface area contributed by atoms with Crippen LogP contribution in [0.25, 0.3) is 11.3 Å². The molecule has 0 aliphatic rings. The summed E-state index contributed by atoms with van der Waals surface area (Å²) in [7, 11) is 4.12. The minimum absolute atomic E-state index is 0.0583. The van der Waals surface area contributed by atoms with Crippen LogP contribution in [0.2, 0.25) is 5.02 Å². The summed E-state index contributed by atoms with van der Waals surface area (Å²) >= 11 is 7.33. The van der Waals surface area contributed by atoms with Crippen LogP contribution in [0.1, 0.15) is 16.8 Å². The number of nitrogens with one attached hydrogen (secondary N) is 1. The molecule has 0 aliphatic carbocycles. The van der Waals surface area contributed by atoms with E-state index in [-0.39, 0.29) is 11.5 Å². The molecule has 0 radical (unpaired) electrons. The number of hydrogen-bond acceptors (Lipinski definition) is 3. The second-order valence-electron chi connectivity index (χ2n) is 6.77. The maximum absolute atomic E-state index is 14.2. The Morgan fingerprint density at radius 2 is 1.89 bits per heavy atom. The monoisotopic (exact) mass is 418 g/mol. The maximum Gasteiger partial charge on any atom is 0.263 e. The molecule has 2 aromatic carbocycles. The van der Waals surface area contributed by atoms with Crippen molar-refractivity contribution in [1.82, 2.24) is 4.98 Å². The third-order valence-corrected chi connectivity index (χ3v) is 5.39. The van der Waals surface area contributed by atoms with E-state index in [1.165, 1.54) is 28.4 Å². The molecule has 1 heterocycles. The summed E-state index contributed by atoms with van der Waals surface area (Å²) in [5.41, 5.74) is 1.74. The number of benzene rings is 2. The van der Waals surface area contributed by atoms with Gasteiger partial charge < -0.3 is 4.90 Å². The van der Waals surface area contributed by atoms with Crippen LogP contribution in [0.4, 0.5) is 9.52 Å². The molecule has 0 spiro atoms. The summed E-state index contributed by atoms with van der Waals surface area (Å²) in [6.07, 6.45) is 0.790. The van der Waals surface area contributed by atoms with Crippen molar-refractivity contribution in [2.45, 2.75) is 6.42 Å². The van der Waals surface area contributed by atoms with Gasteiger partial charge in [-0.05, 0) is 24.3 Å². The predicted octanol–water partition coefficient (Wildman–Crippen LogP) is 3.78. The van der Waals surface area contributed by atoms with Gasteiger partial charge in [-0.2, -0.15) is 0 Å². The fourth-order valence-corrected chi connectivity index (χ4v) is 3.78. The molecule has 0 saturated heterocycles. The molecule has 3 aromatic rings. The number of aromatic nitrogens is 1. The van der Waals surface area contributed by atoms with Crippen LogP contribution < -0.4 is 9.80 Å². The molecule has 1 amide bonds. The molecule has 7 heteroatoms. The molecular formula is C21H22ClFN3OS+. The standard InChI is InChI=1S/C21H21ClFN3OS/c1-25(2)12-5-13-26(20(27)17-6-3-4-7-18(17)23)21-24-19(14-28-21)15-8-10-16(22)11-9-15/h3-4,6-11,14H,5,12-13H2,1-2H3/p+1. The minimum Gasteiger partial charge on any atom is -0.340 e. The highest BCUT2D eigenvalue weighted by atomic mass is 35.5. The van der Waals surface area contributed by atoms with Crippen molar-refractivity contribution in [1.29, 1.82) is 0 Å². The Hall–Kier alpha value is -2.28. The fraction of sp³-hybridized carbons (Fsp3) is 0.238. The molecule has 3 rings (SSSR count). The number of anilines is 1. The van der Waals surface area contributed by atoms with Gasteiger partial charge in [-0.3, -0.25) is 9.69 Å². The van der Waals surface area contributed by atoms with Crippen LogP contribution in [0.3, 0.4) is 0 Å².